The number of aryl methyl sites for hydroxylation is 2. The minimum Gasteiger partial charge on any atom is -0.465 e. The summed E-state index contributed by atoms with van der Waals surface area (Å²) in [7, 11) is 0. The molecule has 0 aliphatic rings. The van der Waals surface area contributed by atoms with E-state index in [0.29, 0.717) is 22.6 Å². The molecule has 0 saturated heterocycles. The van der Waals surface area contributed by atoms with Gasteiger partial charge in [0.1, 0.15) is 16.5 Å². The van der Waals surface area contributed by atoms with Gasteiger partial charge in [0.05, 0.1) is 30.8 Å². The van der Waals surface area contributed by atoms with Crippen molar-refractivity contribution < 1.29 is 23.5 Å². The Morgan fingerprint density at radius 3 is 2.27 bits per heavy atom. The van der Waals surface area contributed by atoms with Crippen LogP contribution in [-0.2, 0) is 25.6 Å². The zero-order chi connectivity index (χ0) is 26.5. The van der Waals surface area contributed by atoms with Gasteiger partial charge in [-0.2, -0.15) is 0 Å². The molecule has 1 aromatic carbocycles. The Morgan fingerprint density at radius 1 is 0.973 bits per heavy atom. The zero-order valence-corrected chi connectivity index (χ0v) is 21.8. The fraction of sp³-hybridized carbons (Fsp3) is 0.296. The van der Waals surface area contributed by atoms with Gasteiger partial charge in [-0.1, -0.05) is 18.2 Å². The number of carbonyl (C=O) groups excluding carboxylic acids is 2. The lowest BCUT2D eigenvalue weighted by molar-refractivity contribution is -0.157. The highest BCUT2D eigenvalue weighted by molar-refractivity contribution is 7.19. The number of hydrogen-bond donors (Lipinski definition) is 1. The van der Waals surface area contributed by atoms with Crippen molar-refractivity contribution in [2.45, 2.75) is 40.2 Å². The van der Waals surface area contributed by atoms with Crippen molar-refractivity contribution >= 4 is 39.3 Å². The highest BCUT2D eigenvalue weighted by Crippen LogP contribution is 2.41. The van der Waals surface area contributed by atoms with Gasteiger partial charge in [-0.05, 0) is 57.5 Å². The van der Waals surface area contributed by atoms with Crippen LogP contribution >= 0.6 is 11.3 Å². The Morgan fingerprint density at radius 2 is 1.65 bits per heavy atom. The summed E-state index contributed by atoms with van der Waals surface area (Å²) in [5.74, 6) is -2.92. The van der Waals surface area contributed by atoms with Gasteiger partial charge in [-0.3, -0.25) is 14.6 Å². The first-order chi connectivity index (χ1) is 17.8. The first-order valence-corrected chi connectivity index (χ1v) is 12.7. The lowest BCUT2D eigenvalue weighted by Crippen LogP contribution is -2.28. The second-order valence-electron chi connectivity index (χ2n) is 8.21. The number of halogens is 1. The third-order valence-corrected chi connectivity index (χ3v) is 6.56. The third kappa shape index (κ3) is 5.75. The van der Waals surface area contributed by atoms with Crippen molar-refractivity contribution in [1.82, 2.24) is 15.0 Å². The van der Waals surface area contributed by atoms with Crippen LogP contribution < -0.4 is 5.32 Å². The number of esters is 2. The fourth-order valence-corrected chi connectivity index (χ4v) is 5.03. The van der Waals surface area contributed by atoms with E-state index >= 15 is 0 Å². The summed E-state index contributed by atoms with van der Waals surface area (Å²) in [5.41, 5.74) is 3.30. The van der Waals surface area contributed by atoms with Gasteiger partial charge in [0.15, 0.2) is 5.82 Å². The van der Waals surface area contributed by atoms with Crippen LogP contribution in [0.3, 0.4) is 0 Å². The molecule has 0 amide bonds. The smallest absolute Gasteiger partial charge is 0.328 e. The minimum absolute atomic E-state index is 0.0176. The van der Waals surface area contributed by atoms with Crippen LogP contribution in [0.15, 0.2) is 42.5 Å². The van der Waals surface area contributed by atoms with E-state index in [4.69, 9.17) is 9.47 Å². The van der Waals surface area contributed by atoms with Gasteiger partial charge in [0.25, 0.3) is 0 Å². The number of aromatic nitrogens is 3. The number of nitrogens with zero attached hydrogens (tertiary/aromatic N) is 3. The minimum atomic E-state index is -1.43. The van der Waals surface area contributed by atoms with E-state index in [2.05, 4.69) is 20.3 Å². The molecule has 10 heteroatoms. The van der Waals surface area contributed by atoms with Gasteiger partial charge in [-0.25, -0.2) is 14.4 Å². The van der Waals surface area contributed by atoms with Crippen molar-refractivity contribution in [3.8, 4) is 11.1 Å². The molecule has 3 aromatic heterocycles. The van der Waals surface area contributed by atoms with Crippen LogP contribution in [0.4, 0.5) is 10.2 Å². The van der Waals surface area contributed by atoms with E-state index in [1.807, 2.05) is 32.0 Å². The van der Waals surface area contributed by atoms with E-state index in [9.17, 15) is 14.0 Å². The molecule has 0 atom stereocenters. The van der Waals surface area contributed by atoms with Gasteiger partial charge in [0.2, 0.25) is 5.92 Å². The van der Waals surface area contributed by atoms with Crippen LogP contribution in [0, 0.1) is 19.7 Å². The molecule has 0 bridgehead atoms. The maximum Gasteiger partial charge on any atom is 0.328 e. The number of hydrogen-bond acceptors (Lipinski definition) is 9. The van der Waals surface area contributed by atoms with Crippen molar-refractivity contribution in [1.29, 1.82) is 0 Å². The van der Waals surface area contributed by atoms with Gasteiger partial charge in [0, 0.05) is 16.1 Å². The zero-order valence-electron chi connectivity index (χ0n) is 21.0. The third-order valence-electron chi connectivity index (χ3n) is 5.56. The van der Waals surface area contributed by atoms with Crippen molar-refractivity contribution in [3.05, 3.63) is 70.4 Å². The molecule has 0 radical (unpaired) electrons. The SMILES string of the molecule is CCOC(=O)C(C(=O)OCC)c1nc(NCc2cccc(C)n2)c2c(-c3ccc(F)cc3)c(C)sc2n1. The number of pyridine rings is 1. The molecule has 37 heavy (non-hydrogen) atoms. The summed E-state index contributed by atoms with van der Waals surface area (Å²) >= 11 is 1.39. The molecule has 0 aliphatic heterocycles. The Labute approximate surface area is 217 Å². The molecular formula is C27H27FN4O4S. The van der Waals surface area contributed by atoms with Crippen LogP contribution in [0.2, 0.25) is 0 Å². The second-order valence-corrected chi connectivity index (χ2v) is 9.41. The van der Waals surface area contributed by atoms with Crippen LogP contribution in [0.5, 0.6) is 0 Å². The highest BCUT2D eigenvalue weighted by Gasteiger charge is 2.35. The number of benzene rings is 1. The molecule has 192 valence electrons. The number of anilines is 1. The molecule has 0 aliphatic carbocycles. The molecular weight excluding hydrogens is 495 g/mol. The largest absolute Gasteiger partial charge is 0.465 e. The van der Waals surface area contributed by atoms with Gasteiger partial charge in [-0.15, -0.1) is 11.3 Å². The predicted octanol–water partition coefficient (Wildman–Crippen LogP) is 5.33. The molecule has 4 aromatic rings. The molecule has 4 rings (SSSR count). The molecule has 1 N–H and O–H groups in total. The second kappa shape index (κ2) is 11.4. The van der Waals surface area contributed by atoms with Crippen LogP contribution in [0.25, 0.3) is 21.3 Å². The van der Waals surface area contributed by atoms with E-state index in [-0.39, 0.29) is 24.9 Å². The Balaban J connectivity index is 1.89. The van der Waals surface area contributed by atoms with Crippen LogP contribution in [0.1, 0.15) is 41.9 Å². The van der Waals surface area contributed by atoms with Crippen molar-refractivity contribution in [2.75, 3.05) is 18.5 Å². The first-order valence-electron chi connectivity index (χ1n) is 11.9. The normalized spacial score (nSPS) is 11.1. The number of fused-ring (bicyclic) bond motifs is 1. The van der Waals surface area contributed by atoms with E-state index < -0.39 is 17.9 Å². The highest BCUT2D eigenvalue weighted by atomic mass is 32.1. The molecule has 0 saturated carbocycles. The quantitative estimate of drug-likeness (QED) is 0.232. The lowest BCUT2D eigenvalue weighted by Gasteiger charge is -2.16. The number of rotatable bonds is 9. The topological polar surface area (TPSA) is 103 Å². The number of carbonyl (C=O) groups is 2. The number of ether oxygens (including phenoxy) is 2. The summed E-state index contributed by atoms with van der Waals surface area (Å²) in [4.78, 5) is 40.9. The van der Waals surface area contributed by atoms with E-state index in [1.54, 1.807) is 26.0 Å². The lowest BCUT2D eigenvalue weighted by atomic mass is 10.0. The summed E-state index contributed by atoms with van der Waals surface area (Å²) in [6.45, 7) is 7.68. The number of thiophene rings is 1. The Hall–Kier alpha value is -3.92. The average molecular weight is 523 g/mol. The van der Waals surface area contributed by atoms with E-state index in [1.165, 1.54) is 23.5 Å². The Kier molecular flexibility index (Phi) is 8.08. The summed E-state index contributed by atoms with van der Waals surface area (Å²) in [6, 6.07) is 11.9. The maximum atomic E-state index is 13.7. The molecule has 3 heterocycles. The molecule has 0 fully saturated rings. The van der Waals surface area contributed by atoms with Crippen molar-refractivity contribution in [3.63, 3.8) is 0 Å². The molecule has 8 nitrogen and oxygen atoms in total. The van der Waals surface area contributed by atoms with Crippen molar-refractivity contribution in [2.24, 2.45) is 0 Å². The first kappa shape index (κ1) is 26.2. The summed E-state index contributed by atoms with van der Waals surface area (Å²) in [6.07, 6.45) is 0. The van der Waals surface area contributed by atoms with Crippen LogP contribution in [-0.4, -0.2) is 40.1 Å². The van der Waals surface area contributed by atoms with Gasteiger partial charge < -0.3 is 14.8 Å². The van der Waals surface area contributed by atoms with Gasteiger partial charge >= 0.3 is 11.9 Å². The van der Waals surface area contributed by atoms with E-state index in [0.717, 1.165) is 27.4 Å². The standard InChI is InChI=1S/C27H27FN4O4S/c1-5-35-26(33)22(27(34)36-6-2)24-31-23(29-14-19-9-7-8-15(3)30-19)21-20(16(4)37-25(21)32-24)17-10-12-18(28)13-11-17/h7-13,22H,5-6,14H2,1-4H3,(H,29,31,32). The molecule has 0 spiro atoms. The average Bonchev–Trinajstić information content (AvgIpc) is 3.19. The summed E-state index contributed by atoms with van der Waals surface area (Å²) in [5, 5.41) is 4.02. The fourth-order valence-electron chi connectivity index (χ4n) is 3.98. The molecule has 0 unspecified atom stereocenters. The predicted molar refractivity (Wildman–Crippen MR) is 140 cm³/mol. The monoisotopic (exact) mass is 522 g/mol. The Bertz CT molecular complexity index is 1420. The number of nitrogens with one attached hydrogen (secondary N) is 1. The summed E-state index contributed by atoms with van der Waals surface area (Å²) < 4.78 is 23.9. The maximum absolute atomic E-state index is 13.7.